The number of anilines is 3. The van der Waals surface area contributed by atoms with Crippen LogP contribution >= 0.6 is 0 Å². The van der Waals surface area contributed by atoms with Crippen LogP contribution in [-0.2, 0) is 6.54 Å². The van der Waals surface area contributed by atoms with E-state index in [-0.39, 0.29) is 5.82 Å². The first-order valence-corrected chi connectivity index (χ1v) is 5.98. The first kappa shape index (κ1) is 12.4. The highest BCUT2D eigenvalue weighted by atomic mass is 19.1. The second kappa shape index (κ2) is 5.08. The molecule has 0 aliphatic rings. The van der Waals surface area contributed by atoms with Gasteiger partial charge in [-0.2, -0.15) is 5.10 Å². The molecular weight excluding hydrogens is 231 g/mol. The van der Waals surface area contributed by atoms with Gasteiger partial charge in [0.05, 0.1) is 17.1 Å². The topological polar surface area (TPSA) is 55.9 Å². The van der Waals surface area contributed by atoms with Crippen LogP contribution in [0, 0.1) is 12.7 Å². The molecule has 96 valence electrons. The van der Waals surface area contributed by atoms with Gasteiger partial charge in [-0.1, -0.05) is 19.1 Å². The molecule has 0 bridgehead atoms. The van der Waals surface area contributed by atoms with Crippen molar-refractivity contribution in [3.05, 3.63) is 35.8 Å². The molecule has 4 nitrogen and oxygen atoms in total. The van der Waals surface area contributed by atoms with E-state index in [0.717, 1.165) is 18.7 Å². The molecule has 0 saturated heterocycles. The molecule has 18 heavy (non-hydrogen) atoms. The van der Waals surface area contributed by atoms with E-state index in [2.05, 4.69) is 17.3 Å². The summed E-state index contributed by atoms with van der Waals surface area (Å²) in [6.07, 6.45) is 0.937. The number of hydrogen-bond acceptors (Lipinski definition) is 3. The second-order valence-corrected chi connectivity index (χ2v) is 4.18. The lowest BCUT2D eigenvalue weighted by atomic mass is 10.3. The van der Waals surface area contributed by atoms with Crippen molar-refractivity contribution in [2.75, 3.05) is 11.1 Å². The number of rotatable bonds is 4. The van der Waals surface area contributed by atoms with Crippen LogP contribution in [0.15, 0.2) is 24.3 Å². The number of para-hydroxylation sites is 1. The SMILES string of the molecule is CCCn1nc(C)c(N)c1Nc1ccccc1F. The lowest BCUT2D eigenvalue weighted by molar-refractivity contribution is 0.603. The van der Waals surface area contributed by atoms with Gasteiger partial charge >= 0.3 is 0 Å². The Morgan fingerprint density at radius 3 is 2.78 bits per heavy atom. The Morgan fingerprint density at radius 1 is 1.39 bits per heavy atom. The van der Waals surface area contributed by atoms with Crippen LogP contribution in [0.5, 0.6) is 0 Å². The Bertz CT molecular complexity index is 548. The van der Waals surface area contributed by atoms with Crippen LogP contribution in [0.25, 0.3) is 0 Å². The summed E-state index contributed by atoms with van der Waals surface area (Å²) in [7, 11) is 0. The van der Waals surface area contributed by atoms with Crippen molar-refractivity contribution in [3.8, 4) is 0 Å². The van der Waals surface area contributed by atoms with Gasteiger partial charge in [0.1, 0.15) is 5.82 Å². The third kappa shape index (κ3) is 2.30. The average molecular weight is 248 g/mol. The number of nitrogens with two attached hydrogens (primary N) is 1. The minimum atomic E-state index is -0.307. The number of nitrogens with zero attached hydrogens (tertiary/aromatic N) is 2. The van der Waals surface area contributed by atoms with Gasteiger partial charge in [0.25, 0.3) is 0 Å². The number of nitrogens with one attached hydrogen (secondary N) is 1. The maximum absolute atomic E-state index is 13.6. The zero-order valence-corrected chi connectivity index (χ0v) is 10.6. The van der Waals surface area contributed by atoms with Gasteiger partial charge < -0.3 is 11.1 Å². The fourth-order valence-corrected chi connectivity index (χ4v) is 1.79. The van der Waals surface area contributed by atoms with E-state index in [4.69, 9.17) is 5.73 Å². The Hall–Kier alpha value is -2.04. The Labute approximate surface area is 106 Å². The normalized spacial score (nSPS) is 10.6. The summed E-state index contributed by atoms with van der Waals surface area (Å²) in [4.78, 5) is 0. The van der Waals surface area contributed by atoms with Gasteiger partial charge in [0.2, 0.25) is 0 Å². The third-order valence-corrected chi connectivity index (χ3v) is 2.74. The summed E-state index contributed by atoms with van der Waals surface area (Å²) in [6, 6.07) is 6.51. The molecule has 0 fully saturated rings. The van der Waals surface area contributed by atoms with E-state index in [1.54, 1.807) is 22.9 Å². The maximum atomic E-state index is 13.6. The summed E-state index contributed by atoms with van der Waals surface area (Å²) in [5.41, 5.74) is 7.68. The predicted octanol–water partition coefficient (Wildman–Crippen LogP) is 3.07. The van der Waals surface area contributed by atoms with Crippen LogP contribution < -0.4 is 11.1 Å². The largest absolute Gasteiger partial charge is 0.394 e. The summed E-state index contributed by atoms with van der Waals surface area (Å²) in [6.45, 7) is 4.64. The number of aromatic nitrogens is 2. The van der Waals surface area contributed by atoms with Gasteiger partial charge in [-0.15, -0.1) is 0 Å². The molecule has 0 spiro atoms. The smallest absolute Gasteiger partial charge is 0.152 e. The van der Waals surface area contributed by atoms with E-state index in [1.165, 1.54) is 6.07 Å². The maximum Gasteiger partial charge on any atom is 0.152 e. The number of benzene rings is 1. The summed E-state index contributed by atoms with van der Waals surface area (Å²) in [5, 5.41) is 7.35. The minimum absolute atomic E-state index is 0.307. The molecule has 1 heterocycles. The van der Waals surface area contributed by atoms with Crippen LogP contribution in [0.4, 0.5) is 21.6 Å². The molecular formula is C13H17FN4. The Morgan fingerprint density at radius 2 is 2.11 bits per heavy atom. The Balaban J connectivity index is 2.36. The highest BCUT2D eigenvalue weighted by Crippen LogP contribution is 2.27. The molecule has 0 atom stereocenters. The van der Waals surface area contributed by atoms with E-state index in [0.29, 0.717) is 17.2 Å². The van der Waals surface area contributed by atoms with Gasteiger partial charge in [-0.25, -0.2) is 9.07 Å². The standard InChI is InChI=1S/C13H17FN4/c1-3-8-18-13(12(15)9(2)17-18)16-11-7-5-4-6-10(11)14/h4-7,16H,3,8,15H2,1-2H3. The van der Waals surface area contributed by atoms with Crippen LogP contribution in [-0.4, -0.2) is 9.78 Å². The van der Waals surface area contributed by atoms with E-state index in [9.17, 15) is 4.39 Å². The van der Waals surface area contributed by atoms with Crippen molar-refractivity contribution in [1.29, 1.82) is 0 Å². The van der Waals surface area contributed by atoms with Crippen molar-refractivity contribution in [3.63, 3.8) is 0 Å². The van der Waals surface area contributed by atoms with E-state index < -0.39 is 0 Å². The van der Waals surface area contributed by atoms with Crippen LogP contribution in [0.1, 0.15) is 19.0 Å². The number of halogens is 1. The van der Waals surface area contributed by atoms with Crippen LogP contribution in [0.2, 0.25) is 0 Å². The van der Waals surface area contributed by atoms with Crippen molar-refractivity contribution >= 4 is 17.2 Å². The predicted molar refractivity (Wildman–Crippen MR) is 71.4 cm³/mol. The zero-order valence-electron chi connectivity index (χ0n) is 10.6. The second-order valence-electron chi connectivity index (χ2n) is 4.18. The number of nitrogen functional groups attached to an aromatic ring is 1. The van der Waals surface area contributed by atoms with Crippen molar-refractivity contribution in [1.82, 2.24) is 9.78 Å². The fourth-order valence-electron chi connectivity index (χ4n) is 1.79. The number of hydrogen-bond donors (Lipinski definition) is 2. The minimum Gasteiger partial charge on any atom is -0.394 e. The van der Waals surface area contributed by atoms with Gasteiger partial charge in [-0.05, 0) is 25.5 Å². The molecule has 0 saturated carbocycles. The van der Waals surface area contributed by atoms with Gasteiger partial charge in [0.15, 0.2) is 5.82 Å². The van der Waals surface area contributed by atoms with Crippen LogP contribution in [0.3, 0.4) is 0 Å². The van der Waals surface area contributed by atoms with E-state index in [1.807, 2.05) is 6.92 Å². The highest BCUT2D eigenvalue weighted by Gasteiger charge is 2.13. The fraction of sp³-hybridized carbons (Fsp3) is 0.308. The lowest BCUT2D eigenvalue weighted by Gasteiger charge is -2.10. The van der Waals surface area contributed by atoms with Crippen molar-refractivity contribution in [2.24, 2.45) is 0 Å². The molecule has 1 aromatic carbocycles. The molecule has 0 amide bonds. The van der Waals surface area contributed by atoms with Crippen molar-refractivity contribution < 1.29 is 4.39 Å². The first-order valence-electron chi connectivity index (χ1n) is 5.98. The van der Waals surface area contributed by atoms with Gasteiger partial charge in [-0.3, -0.25) is 0 Å². The summed E-state index contributed by atoms with van der Waals surface area (Å²) in [5.74, 6) is 0.346. The molecule has 2 aromatic rings. The molecule has 2 rings (SSSR count). The molecule has 0 unspecified atom stereocenters. The van der Waals surface area contributed by atoms with Crippen molar-refractivity contribution in [2.45, 2.75) is 26.8 Å². The molecule has 0 radical (unpaired) electrons. The molecule has 0 aliphatic carbocycles. The quantitative estimate of drug-likeness (QED) is 0.874. The monoisotopic (exact) mass is 248 g/mol. The summed E-state index contributed by atoms with van der Waals surface area (Å²) < 4.78 is 15.4. The third-order valence-electron chi connectivity index (χ3n) is 2.74. The lowest BCUT2D eigenvalue weighted by Crippen LogP contribution is -2.06. The average Bonchev–Trinajstić information content (AvgIpc) is 2.60. The zero-order chi connectivity index (χ0) is 13.1. The number of aryl methyl sites for hydroxylation is 2. The molecule has 1 aromatic heterocycles. The van der Waals surface area contributed by atoms with Gasteiger partial charge in [0, 0.05) is 6.54 Å². The molecule has 3 N–H and O–H groups in total. The van der Waals surface area contributed by atoms with E-state index >= 15 is 0 Å². The first-order chi connectivity index (χ1) is 8.63. The highest BCUT2D eigenvalue weighted by molar-refractivity contribution is 5.71. The summed E-state index contributed by atoms with van der Waals surface area (Å²) >= 11 is 0. The Kier molecular flexibility index (Phi) is 3.50. The molecule has 0 aliphatic heterocycles. The molecule has 5 heteroatoms.